The average molecular weight is 474 g/mol. The number of nitrogens with zero attached hydrogens (tertiary/aromatic N) is 1. The van der Waals surface area contributed by atoms with Gasteiger partial charge in [0.15, 0.2) is 0 Å². The average Bonchev–Trinajstić information content (AvgIpc) is 3.40. The maximum Gasteiger partial charge on any atom is 0.337 e. The van der Waals surface area contributed by atoms with Gasteiger partial charge in [0.25, 0.3) is 0 Å². The second-order valence-electron chi connectivity index (χ2n) is 10.5. The van der Waals surface area contributed by atoms with Crippen molar-refractivity contribution in [2.75, 3.05) is 14.2 Å². The van der Waals surface area contributed by atoms with Crippen LogP contribution in [0.3, 0.4) is 0 Å². The minimum Gasteiger partial charge on any atom is -0.497 e. The molecule has 1 aromatic heterocycles. The lowest BCUT2D eigenvalue weighted by Gasteiger charge is -2.24. The zero-order chi connectivity index (χ0) is 24.5. The SMILES string of the molecule is COC(=O)c1ccc2c(C3CCCCC3)c3n(c2c1)C[C@]1(C(=O)O)[C@H](c2cc(OC)ccc2-3)[C@@H]1C. The number of hydrogen-bond acceptors (Lipinski definition) is 4. The number of rotatable bonds is 4. The number of methoxy groups -OCH3 is 2. The van der Waals surface area contributed by atoms with E-state index in [0.29, 0.717) is 18.0 Å². The maximum atomic E-state index is 12.8. The van der Waals surface area contributed by atoms with Gasteiger partial charge in [-0.2, -0.15) is 0 Å². The van der Waals surface area contributed by atoms with Crippen LogP contribution >= 0.6 is 0 Å². The molecule has 3 aromatic rings. The van der Waals surface area contributed by atoms with Gasteiger partial charge in [0.05, 0.1) is 30.9 Å². The fourth-order valence-corrected chi connectivity index (χ4v) is 7.10. The van der Waals surface area contributed by atoms with Crippen molar-refractivity contribution in [2.24, 2.45) is 11.3 Å². The van der Waals surface area contributed by atoms with Crippen molar-refractivity contribution in [1.82, 2.24) is 4.57 Å². The van der Waals surface area contributed by atoms with E-state index in [1.54, 1.807) is 7.11 Å². The molecule has 1 N–H and O–H groups in total. The molecule has 6 nitrogen and oxygen atoms in total. The van der Waals surface area contributed by atoms with E-state index >= 15 is 0 Å². The van der Waals surface area contributed by atoms with Crippen molar-refractivity contribution in [3.63, 3.8) is 0 Å². The first kappa shape index (κ1) is 22.2. The molecule has 6 heteroatoms. The standard InChI is InChI=1S/C29H31NO5/c1-16-25-22-14-19(34-2)10-12-20(22)26-24(17-7-5-4-6-8-17)21-11-9-18(27(31)35-3)13-23(21)30(26)15-29(16,25)28(32)33/h9-14,16-17,25H,4-8,15H2,1-3H3,(H,32,33)/t16-,25-,29+/m0/s1. The predicted octanol–water partition coefficient (Wildman–Crippen LogP) is 5.97. The molecule has 0 amide bonds. The molecular formula is C29H31NO5. The highest BCUT2D eigenvalue weighted by atomic mass is 16.5. The van der Waals surface area contributed by atoms with E-state index in [0.717, 1.165) is 46.3 Å². The minimum absolute atomic E-state index is 0.00150. The lowest BCUT2D eigenvalue weighted by molar-refractivity contribution is -0.144. The summed E-state index contributed by atoms with van der Waals surface area (Å²) in [6.45, 7) is 2.43. The molecule has 2 fully saturated rings. The fraction of sp³-hybridized carbons (Fsp3) is 0.448. The molecule has 35 heavy (non-hydrogen) atoms. The Morgan fingerprint density at radius 1 is 1.06 bits per heavy atom. The van der Waals surface area contributed by atoms with Crippen LogP contribution in [0.1, 0.15) is 72.3 Å². The van der Waals surface area contributed by atoms with Crippen molar-refractivity contribution < 1.29 is 24.2 Å². The molecule has 2 saturated carbocycles. The number of aliphatic carboxylic acids is 1. The van der Waals surface area contributed by atoms with Gasteiger partial charge in [-0.15, -0.1) is 0 Å². The Labute approximate surface area is 204 Å². The highest BCUT2D eigenvalue weighted by Crippen LogP contribution is 2.69. The van der Waals surface area contributed by atoms with Gasteiger partial charge in [0, 0.05) is 28.9 Å². The van der Waals surface area contributed by atoms with Gasteiger partial charge >= 0.3 is 11.9 Å². The van der Waals surface area contributed by atoms with E-state index in [2.05, 4.69) is 10.6 Å². The molecule has 182 valence electrons. The first-order valence-electron chi connectivity index (χ1n) is 12.6. The Kier molecular flexibility index (Phi) is 4.99. The van der Waals surface area contributed by atoms with E-state index in [4.69, 9.17) is 9.47 Å². The van der Waals surface area contributed by atoms with Gasteiger partial charge in [0.1, 0.15) is 5.75 Å². The molecule has 6 rings (SSSR count). The highest BCUT2D eigenvalue weighted by Gasteiger charge is 2.69. The van der Waals surface area contributed by atoms with E-state index in [-0.39, 0.29) is 17.8 Å². The van der Waals surface area contributed by atoms with Crippen molar-refractivity contribution in [1.29, 1.82) is 0 Å². The summed E-state index contributed by atoms with van der Waals surface area (Å²) in [4.78, 5) is 25.2. The minimum atomic E-state index is -0.885. The number of fused-ring (bicyclic) bond motifs is 7. The summed E-state index contributed by atoms with van der Waals surface area (Å²) in [5.41, 5.74) is 5.10. The maximum absolute atomic E-state index is 12.8. The summed E-state index contributed by atoms with van der Waals surface area (Å²) in [5.74, 6) is -0.0674. The van der Waals surface area contributed by atoms with Gasteiger partial charge in [-0.3, -0.25) is 4.79 Å². The number of aromatic nitrogens is 1. The molecule has 3 aliphatic rings. The normalized spacial score (nSPS) is 25.2. The van der Waals surface area contributed by atoms with Crippen LogP contribution in [-0.2, 0) is 16.1 Å². The van der Waals surface area contributed by atoms with Crippen molar-refractivity contribution in [2.45, 2.75) is 57.4 Å². The van der Waals surface area contributed by atoms with E-state index < -0.39 is 11.4 Å². The summed E-state index contributed by atoms with van der Waals surface area (Å²) in [6.07, 6.45) is 5.91. The largest absolute Gasteiger partial charge is 0.497 e. The number of carbonyl (C=O) groups is 2. The van der Waals surface area contributed by atoms with Crippen molar-refractivity contribution in [3.8, 4) is 17.0 Å². The topological polar surface area (TPSA) is 77.8 Å². The van der Waals surface area contributed by atoms with E-state index in [1.807, 2.05) is 37.3 Å². The van der Waals surface area contributed by atoms with Crippen molar-refractivity contribution >= 4 is 22.8 Å². The number of benzene rings is 2. The van der Waals surface area contributed by atoms with E-state index in [1.165, 1.54) is 31.9 Å². The second-order valence-corrected chi connectivity index (χ2v) is 10.5. The third-order valence-electron chi connectivity index (χ3n) is 8.96. The molecule has 2 heterocycles. The predicted molar refractivity (Wildman–Crippen MR) is 133 cm³/mol. The zero-order valence-electron chi connectivity index (χ0n) is 20.5. The second kappa shape index (κ2) is 7.87. The lowest BCUT2D eigenvalue weighted by atomic mass is 9.81. The number of carboxylic acid groups (broad SMARTS) is 1. The van der Waals surface area contributed by atoms with Crippen LogP contribution in [0.4, 0.5) is 0 Å². The smallest absolute Gasteiger partial charge is 0.337 e. The first-order chi connectivity index (χ1) is 16.9. The van der Waals surface area contributed by atoms with Crippen LogP contribution < -0.4 is 4.74 Å². The van der Waals surface area contributed by atoms with Crippen LogP contribution in [0.2, 0.25) is 0 Å². The lowest BCUT2D eigenvalue weighted by Crippen LogP contribution is -2.24. The summed E-state index contributed by atoms with van der Waals surface area (Å²) < 4.78 is 12.8. The van der Waals surface area contributed by atoms with Gasteiger partial charge in [-0.25, -0.2) is 4.79 Å². The summed E-state index contributed by atoms with van der Waals surface area (Å²) in [7, 11) is 3.04. The Morgan fingerprint density at radius 2 is 1.83 bits per heavy atom. The van der Waals surface area contributed by atoms with Gasteiger partial charge in [-0.05, 0) is 66.1 Å². The zero-order valence-corrected chi connectivity index (χ0v) is 20.5. The number of carboxylic acids is 1. The van der Waals surface area contributed by atoms with Crippen LogP contribution in [0.25, 0.3) is 22.2 Å². The number of esters is 1. The Morgan fingerprint density at radius 3 is 2.51 bits per heavy atom. The Bertz CT molecular complexity index is 1370. The van der Waals surface area contributed by atoms with Gasteiger partial charge in [0.2, 0.25) is 0 Å². The fourth-order valence-electron chi connectivity index (χ4n) is 7.10. The molecule has 2 aliphatic carbocycles. The number of ether oxygens (including phenoxy) is 2. The van der Waals surface area contributed by atoms with E-state index in [9.17, 15) is 14.7 Å². The summed E-state index contributed by atoms with van der Waals surface area (Å²) in [6, 6.07) is 11.9. The molecule has 1 aliphatic heterocycles. The molecule has 3 atom stereocenters. The molecule has 0 saturated heterocycles. The summed E-state index contributed by atoms with van der Waals surface area (Å²) >= 11 is 0. The quantitative estimate of drug-likeness (QED) is 0.473. The van der Waals surface area contributed by atoms with Gasteiger partial charge in [-0.1, -0.05) is 32.3 Å². The summed E-state index contributed by atoms with van der Waals surface area (Å²) in [5, 5.41) is 11.6. The third-order valence-corrected chi connectivity index (χ3v) is 8.96. The molecule has 0 spiro atoms. The van der Waals surface area contributed by atoms with Crippen LogP contribution in [-0.4, -0.2) is 35.8 Å². The van der Waals surface area contributed by atoms with Crippen LogP contribution in [0, 0.1) is 11.3 Å². The Hall–Kier alpha value is -3.28. The molecule has 0 radical (unpaired) electrons. The molecule has 0 unspecified atom stereocenters. The van der Waals surface area contributed by atoms with Crippen LogP contribution in [0.5, 0.6) is 5.75 Å². The number of carbonyl (C=O) groups excluding carboxylic acids is 1. The third kappa shape index (κ3) is 3.01. The molecule has 2 aromatic carbocycles. The molecular weight excluding hydrogens is 442 g/mol. The monoisotopic (exact) mass is 473 g/mol. The Balaban J connectivity index is 1.70. The van der Waals surface area contributed by atoms with Gasteiger partial charge < -0.3 is 19.1 Å². The van der Waals surface area contributed by atoms with Crippen LogP contribution in [0.15, 0.2) is 36.4 Å². The molecule has 0 bridgehead atoms. The first-order valence-corrected chi connectivity index (χ1v) is 12.6. The highest BCUT2D eigenvalue weighted by molar-refractivity contribution is 6.00. The number of hydrogen-bond donors (Lipinski definition) is 1. The van der Waals surface area contributed by atoms with Crippen molar-refractivity contribution in [3.05, 3.63) is 53.1 Å².